The Morgan fingerprint density at radius 1 is 0.794 bits per heavy atom. The Morgan fingerprint density at radius 2 is 1.47 bits per heavy atom. The van der Waals surface area contributed by atoms with Crippen LogP contribution in [0.1, 0.15) is 0 Å². The molecule has 0 saturated heterocycles. The van der Waals surface area contributed by atoms with E-state index >= 15 is 0 Å². The summed E-state index contributed by atoms with van der Waals surface area (Å²) >= 11 is 19.4. The van der Waals surface area contributed by atoms with E-state index in [1.54, 1.807) is 42.5 Å². The number of methoxy groups -OCH3 is 2. The minimum atomic E-state index is -0.565. The molecule has 3 aromatic rings. The van der Waals surface area contributed by atoms with Crippen LogP contribution in [0.2, 0.25) is 15.1 Å². The van der Waals surface area contributed by atoms with Crippen molar-refractivity contribution in [2.24, 2.45) is 0 Å². The molecule has 2 amide bonds. The number of hydrogen-bond acceptors (Lipinski definition) is 6. The third-order valence-corrected chi connectivity index (χ3v) is 6.63. The number of ether oxygens (including phenoxy) is 2. The highest BCUT2D eigenvalue weighted by Gasteiger charge is 2.40. The summed E-state index contributed by atoms with van der Waals surface area (Å²) in [5, 5.41) is 4.23. The van der Waals surface area contributed by atoms with Gasteiger partial charge < -0.3 is 14.8 Å². The monoisotopic (exact) mass is 534 g/mol. The third kappa shape index (κ3) is 4.98. The summed E-state index contributed by atoms with van der Waals surface area (Å²) in [6, 6.07) is 16.6. The Labute approximate surface area is 215 Å². The highest BCUT2D eigenvalue weighted by molar-refractivity contribution is 8.04. The van der Waals surface area contributed by atoms with E-state index in [9.17, 15) is 9.59 Å². The number of benzene rings is 3. The minimum absolute atomic E-state index is 0.0765. The molecule has 0 atom stereocenters. The Morgan fingerprint density at radius 3 is 2.09 bits per heavy atom. The van der Waals surface area contributed by atoms with Crippen molar-refractivity contribution < 1.29 is 19.1 Å². The molecule has 6 nitrogen and oxygen atoms in total. The van der Waals surface area contributed by atoms with Crippen molar-refractivity contribution in [3.8, 4) is 11.5 Å². The van der Waals surface area contributed by atoms with Crippen molar-refractivity contribution in [2.75, 3.05) is 24.4 Å². The normalized spacial score (nSPS) is 13.5. The molecule has 1 aliphatic rings. The number of hydrogen-bond donors (Lipinski definition) is 1. The van der Waals surface area contributed by atoms with Crippen LogP contribution < -0.4 is 19.7 Å². The maximum atomic E-state index is 13.5. The zero-order valence-corrected chi connectivity index (χ0v) is 21.0. The summed E-state index contributed by atoms with van der Waals surface area (Å²) < 4.78 is 10.7. The number of anilines is 2. The highest BCUT2D eigenvalue weighted by Crippen LogP contribution is 2.40. The Balaban J connectivity index is 1.80. The van der Waals surface area contributed by atoms with Crippen molar-refractivity contribution in [1.82, 2.24) is 0 Å². The quantitative estimate of drug-likeness (QED) is 0.342. The van der Waals surface area contributed by atoms with Gasteiger partial charge in [0.15, 0.2) is 0 Å². The number of nitrogens with zero attached hydrogens (tertiary/aromatic N) is 1. The molecule has 174 valence electrons. The number of thioether (sulfide) groups is 1. The summed E-state index contributed by atoms with van der Waals surface area (Å²) in [6.07, 6.45) is 0. The molecule has 0 unspecified atom stereocenters. The Kier molecular flexibility index (Phi) is 7.28. The summed E-state index contributed by atoms with van der Waals surface area (Å²) in [7, 11) is 3.04. The van der Waals surface area contributed by atoms with E-state index in [0.717, 1.165) is 21.6 Å². The summed E-state index contributed by atoms with van der Waals surface area (Å²) in [6.45, 7) is 0. The molecule has 1 heterocycles. The van der Waals surface area contributed by atoms with Crippen LogP contribution in [0.25, 0.3) is 0 Å². The predicted molar refractivity (Wildman–Crippen MR) is 136 cm³/mol. The molecule has 0 radical (unpaired) electrons. The van der Waals surface area contributed by atoms with Gasteiger partial charge in [0.1, 0.15) is 22.1 Å². The van der Waals surface area contributed by atoms with Gasteiger partial charge in [-0.1, -0.05) is 46.6 Å². The fourth-order valence-electron chi connectivity index (χ4n) is 3.28. The van der Waals surface area contributed by atoms with Crippen LogP contribution in [-0.2, 0) is 9.59 Å². The molecule has 0 bridgehead atoms. The Hall–Kier alpha value is -2.84. The zero-order valence-electron chi connectivity index (χ0n) is 17.9. The van der Waals surface area contributed by atoms with Crippen LogP contribution in [-0.4, -0.2) is 26.0 Å². The highest BCUT2D eigenvalue weighted by atomic mass is 35.5. The fourth-order valence-corrected chi connectivity index (χ4v) is 4.85. The Bertz CT molecular complexity index is 1290. The van der Waals surface area contributed by atoms with Crippen LogP contribution in [0.15, 0.2) is 76.2 Å². The fraction of sp³-hybridized carbons (Fsp3) is 0.0833. The largest absolute Gasteiger partial charge is 0.497 e. The topological polar surface area (TPSA) is 67.9 Å². The number of carbonyl (C=O) groups is 2. The molecule has 0 aliphatic carbocycles. The molecule has 0 spiro atoms. The van der Waals surface area contributed by atoms with Crippen molar-refractivity contribution >= 4 is 69.8 Å². The minimum Gasteiger partial charge on any atom is -0.497 e. The number of nitrogens with one attached hydrogen (secondary N) is 1. The van der Waals surface area contributed by atoms with Gasteiger partial charge in [0.05, 0.1) is 25.6 Å². The number of imide groups is 1. The lowest BCUT2D eigenvalue weighted by molar-refractivity contribution is -0.120. The summed E-state index contributed by atoms with van der Waals surface area (Å²) in [5.74, 6) is -0.0722. The van der Waals surface area contributed by atoms with Crippen LogP contribution >= 0.6 is 46.6 Å². The van der Waals surface area contributed by atoms with Gasteiger partial charge in [-0.2, -0.15) is 0 Å². The third-order valence-electron chi connectivity index (χ3n) is 4.85. The first-order chi connectivity index (χ1) is 16.3. The average molecular weight is 536 g/mol. The first-order valence-electron chi connectivity index (χ1n) is 9.82. The van der Waals surface area contributed by atoms with Crippen molar-refractivity contribution in [3.63, 3.8) is 0 Å². The van der Waals surface area contributed by atoms with E-state index in [4.69, 9.17) is 44.3 Å². The second-order valence-electron chi connectivity index (χ2n) is 7.02. The van der Waals surface area contributed by atoms with Crippen molar-refractivity contribution in [3.05, 3.63) is 86.3 Å². The van der Waals surface area contributed by atoms with Gasteiger partial charge in [-0.15, -0.1) is 0 Å². The molecule has 1 aliphatic heterocycles. The van der Waals surface area contributed by atoms with Gasteiger partial charge in [-0.3, -0.25) is 9.59 Å². The molecule has 0 fully saturated rings. The van der Waals surface area contributed by atoms with E-state index in [2.05, 4.69) is 5.32 Å². The van der Waals surface area contributed by atoms with Crippen LogP contribution in [0.5, 0.6) is 11.5 Å². The van der Waals surface area contributed by atoms with E-state index in [1.807, 2.05) is 0 Å². The number of rotatable bonds is 7. The molecule has 0 aromatic heterocycles. The van der Waals surface area contributed by atoms with Gasteiger partial charge in [-0.05, 0) is 54.6 Å². The van der Waals surface area contributed by atoms with Gasteiger partial charge >= 0.3 is 0 Å². The SMILES string of the molecule is COc1ccc(OC)c(NC2=C(Sc3ccc(Cl)cc3)C(=O)N(c3cc(Cl)cc(Cl)c3)C2=O)c1. The van der Waals surface area contributed by atoms with E-state index < -0.39 is 11.8 Å². The van der Waals surface area contributed by atoms with Gasteiger partial charge in [0.2, 0.25) is 0 Å². The molecule has 3 aromatic carbocycles. The number of halogens is 3. The lowest BCUT2D eigenvalue weighted by Gasteiger charge is -2.17. The lowest BCUT2D eigenvalue weighted by atomic mass is 10.2. The maximum Gasteiger partial charge on any atom is 0.283 e. The smallest absolute Gasteiger partial charge is 0.283 e. The van der Waals surface area contributed by atoms with Gasteiger partial charge in [0.25, 0.3) is 11.8 Å². The second kappa shape index (κ2) is 10.2. The van der Waals surface area contributed by atoms with Gasteiger partial charge in [-0.25, -0.2) is 4.90 Å². The maximum absolute atomic E-state index is 13.5. The molecular weight excluding hydrogens is 519 g/mol. The molecule has 0 saturated carbocycles. The first-order valence-corrected chi connectivity index (χ1v) is 11.8. The molecular formula is C24H17Cl3N2O4S. The van der Waals surface area contributed by atoms with Crippen LogP contribution in [0.4, 0.5) is 11.4 Å². The van der Waals surface area contributed by atoms with Gasteiger partial charge in [0, 0.05) is 26.0 Å². The standard InChI is InChI=1S/C24H17Cl3N2O4S/c1-32-17-5-8-20(33-2)19(12-17)28-21-22(34-18-6-3-13(25)4-7-18)24(31)29(23(21)30)16-10-14(26)9-15(27)11-16/h3-12,28H,1-2H3. The second-order valence-corrected chi connectivity index (χ2v) is 9.42. The average Bonchev–Trinajstić information content (AvgIpc) is 3.03. The van der Waals surface area contributed by atoms with Crippen LogP contribution in [0.3, 0.4) is 0 Å². The van der Waals surface area contributed by atoms with Crippen molar-refractivity contribution in [2.45, 2.75) is 4.90 Å². The predicted octanol–water partition coefficient (Wildman–Crippen LogP) is 6.65. The molecule has 10 heteroatoms. The number of carbonyl (C=O) groups excluding carboxylic acids is 2. The molecule has 34 heavy (non-hydrogen) atoms. The first kappa shape index (κ1) is 24.3. The van der Waals surface area contributed by atoms with E-state index in [-0.39, 0.29) is 16.3 Å². The van der Waals surface area contributed by atoms with E-state index in [0.29, 0.717) is 32.3 Å². The molecule has 4 rings (SSSR count). The summed E-state index contributed by atoms with van der Waals surface area (Å²) in [4.78, 5) is 29.0. The van der Waals surface area contributed by atoms with E-state index in [1.165, 1.54) is 32.4 Å². The van der Waals surface area contributed by atoms with Crippen LogP contribution in [0, 0.1) is 0 Å². The zero-order chi connectivity index (χ0) is 24.4. The van der Waals surface area contributed by atoms with Crippen molar-refractivity contribution in [1.29, 1.82) is 0 Å². The summed E-state index contributed by atoms with van der Waals surface area (Å²) in [5.41, 5.74) is 0.793. The number of amides is 2. The lowest BCUT2D eigenvalue weighted by Crippen LogP contribution is -2.32. The molecule has 1 N–H and O–H groups in total.